The molecule has 1 aromatic carbocycles. The van der Waals surface area contributed by atoms with Gasteiger partial charge < -0.3 is 8.82 Å². The van der Waals surface area contributed by atoms with Crippen LogP contribution in [0.25, 0.3) is 16.6 Å². The van der Waals surface area contributed by atoms with E-state index in [1.165, 1.54) is 11.8 Å². The number of hydrogen-bond donors (Lipinski definition) is 0. The van der Waals surface area contributed by atoms with Crippen molar-refractivity contribution in [2.75, 3.05) is 0 Å². The lowest BCUT2D eigenvalue weighted by Crippen LogP contribution is -2.23. The van der Waals surface area contributed by atoms with Crippen LogP contribution in [-0.2, 0) is 12.3 Å². The molecule has 8 heteroatoms. The van der Waals surface area contributed by atoms with Crippen LogP contribution in [0.5, 0.6) is 0 Å². The van der Waals surface area contributed by atoms with Gasteiger partial charge in [0.15, 0.2) is 5.16 Å². The van der Waals surface area contributed by atoms with E-state index >= 15 is 0 Å². The molecule has 0 spiro atoms. The highest BCUT2D eigenvalue weighted by atomic mass is 35.5. The minimum absolute atomic E-state index is 0.124. The van der Waals surface area contributed by atoms with Crippen LogP contribution in [0.2, 0.25) is 5.02 Å². The molecule has 0 aliphatic rings. The van der Waals surface area contributed by atoms with Gasteiger partial charge in [0.05, 0.1) is 29.4 Å². The van der Waals surface area contributed by atoms with Crippen LogP contribution in [0.3, 0.4) is 0 Å². The predicted molar refractivity (Wildman–Crippen MR) is 114 cm³/mol. The Morgan fingerprint density at radius 1 is 1.10 bits per heavy atom. The number of fused-ring (bicyclic) bond motifs is 2. The SMILES string of the molecule is O=c1c2ccc(Cl)cc2nc(SCc2cn3ccccc3n2)n1Cc1ccco1. The first-order chi connectivity index (χ1) is 14.2. The molecule has 4 aromatic heterocycles. The Morgan fingerprint density at radius 2 is 2.03 bits per heavy atom. The van der Waals surface area contributed by atoms with Crippen molar-refractivity contribution in [2.24, 2.45) is 0 Å². The Labute approximate surface area is 174 Å². The molecular formula is C21H15ClN4O2S. The Bertz CT molecular complexity index is 1340. The third kappa shape index (κ3) is 3.54. The summed E-state index contributed by atoms with van der Waals surface area (Å²) in [7, 11) is 0. The van der Waals surface area contributed by atoms with E-state index in [-0.39, 0.29) is 5.56 Å². The van der Waals surface area contributed by atoms with Crippen molar-refractivity contribution >= 4 is 39.9 Å². The fraction of sp³-hybridized carbons (Fsp3) is 0.0952. The molecule has 0 atom stereocenters. The van der Waals surface area contributed by atoms with Crippen LogP contribution >= 0.6 is 23.4 Å². The largest absolute Gasteiger partial charge is 0.467 e. The summed E-state index contributed by atoms with van der Waals surface area (Å²) in [5.74, 6) is 1.27. The highest BCUT2D eigenvalue weighted by Crippen LogP contribution is 2.24. The van der Waals surface area contributed by atoms with Gasteiger partial charge in [0, 0.05) is 23.2 Å². The zero-order chi connectivity index (χ0) is 19.8. The van der Waals surface area contributed by atoms with Crippen molar-refractivity contribution in [3.05, 3.63) is 94.0 Å². The topological polar surface area (TPSA) is 65.3 Å². The van der Waals surface area contributed by atoms with E-state index in [2.05, 4.69) is 4.98 Å². The number of halogens is 1. The molecule has 0 aliphatic heterocycles. The minimum atomic E-state index is -0.124. The zero-order valence-electron chi connectivity index (χ0n) is 15.2. The first-order valence-electron chi connectivity index (χ1n) is 8.95. The van der Waals surface area contributed by atoms with Crippen molar-refractivity contribution < 1.29 is 4.42 Å². The maximum atomic E-state index is 13.1. The Balaban J connectivity index is 1.55. The van der Waals surface area contributed by atoms with Crippen LogP contribution in [0.4, 0.5) is 0 Å². The predicted octanol–water partition coefficient (Wildman–Crippen LogP) is 4.63. The van der Waals surface area contributed by atoms with E-state index in [0.717, 1.165) is 11.3 Å². The molecular weight excluding hydrogens is 408 g/mol. The first-order valence-corrected chi connectivity index (χ1v) is 10.3. The Hall–Kier alpha value is -3.03. The number of hydrogen-bond acceptors (Lipinski definition) is 5. The second-order valence-electron chi connectivity index (χ2n) is 6.51. The molecule has 0 aliphatic carbocycles. The van der Waals surface area contributed by atoms with Gasteiger partial charge in [-0.25, -0.2) is 9.97 Å². The van der Waals surface area contributed by atoms with Gasteiger partial charge in [0.1, 0.15) is 11.4 Å². The van der Waals surface area contributed by atoms with Crippen LogP contribution in [-0.4, -0.2) is 18.9 Å². The van der Waals surface area contributed by atoms with Crippen molar-refractivity contribution in [3.8, 4) is 0 Å². The number of imidazole rings is 1. The first kappa shape index (κ1) is 18.0. The average Bonchev–Trinajstić information content (AvgIpc) is 3.37. The molecule has 0 amide bonds. The molecule has 0 radical (unpaired) electrons. The summed E-state index contributed by atoms with van der Waals surface area (Å²) in [6.07, 6.45) is 5.53. The van der Waals surface area contributed by atoms with Crippen molar-refractivity contribution in [1.29, 1.82) is 0 Å². The maximum Gasteiger partial charge on any atom is 0.262 e. The second-order valence-corrected chi connectivity index (χ2v) is 7.89. The molecule has 29 heavy (non-hydrogen) atoms. The van der Waals surface area contributed by atoms with E-state index in [1.54, 1.807) is 35.1 Å². The maximum absolute atomic E-state index is 13.1. The number of rotatable bonds is 5. The highest BCUT2D eigenvalue weighted by Gasteiger charge is 2.14. The standard InChI is InChI=1S/C21H15ClN4O2S/c22-14-6-7-17-18(10-14)24-21(26(20(17)27)12-16-4-3-9-28-16)29-13-15-11-25-8-2-1-5-19(25)23-15/h1-11H,12-13H2. The number of thioether (sulfide) groups is 1. The summed E-state index contributed by atoms with van der Waals surface area (Å²) in [6.45, 7) is 0.310. The molecule has 0 unspecified atom stereocenters. The molecule has 5 aromatic rings. The third-order valence-corrected chi connectivity index (χ3v) is 5.78. The molecule has 0 bridgehead atoms. The highest BCUT2D eigenvalue weighted by molar-refractivity contribution is 7.98. The van der Waals surface area contributed by atoms with E-state index in [9.17, 15) is 4.79 Å². The van der Waals surface area contributed by atoms with Crippen LogP contribution < -0.4 is 5.56 Å². The van der Waals surface area contributed by atoms with Gasteiger partial charge in [-0.15, -0.1) is 0 Å². The Kier molecular flexibility index (Phi) is 4.61. The summed E-state index contributed by atoms with van der Waals surface area (Å²) >= 11 is 7.58. The number of nitrogens with zero attached hydrogens (tertiary/aromatic N) is 4. The Morgan fingerprint density at radius 3 is 2.86 bits per heavy atom. The molecule has 0 fully saturated rings. The molecule has 0 saturated heterocycles. The van der Waals surface area contributed by atoms with Gasteiger partial charge in [0.25, 0.3) is 5.56 Å². The molecule has 0 saturated carbocycles. The minimum Gasteiger partial charge on any atom is -0.467 e. The van der Waals surface area contributed by atoms with E-state index in [4.69, 9.17) is 21.0 Å². The third-order valence-electron chi connectivity index (χ3n) is 4.54. The molecule has 4 heterocycles. The van der Waals surface area contributed by atoms with Crippen molar-refractivity contribution in [3.63, 3.8) is 0 Å². The summed E-state index contributed by atoms with van der Waals surface area (Å²) in [6, 6.07) is 14.6. The number of pyridine rings is 1. The molecule has 6 nitrogen and oxygen atoms in total. The van der Waals surface area contributed by atoms with Gasteiger partial charge in [-0.2, -0.15) is 0 Å². The summed E-state index contributed by atoms with van der Waals surface area (Å²) in [5, 5.41) is 1.67. The molecule has 0 N–H and O–H groups in total. The number of furan rings is 1. The summed E-state index contributed by atoms with van der Waals surface area (Å²) in [5.41, 5.74) is 2.25. The molecule has 144 valence electrons. The summed E-state index contributed by atoms with van der Waals surface area (Å²) < 4.78 is 9.05. The van der Waals surface area contributed by atoms with Gasteiger partial charge in [-0.1, -0.05) is 29.4 Å². The number of benzene rings is 1. The lowest BCUT2D eigenvalue weighted by Gasteiger charge is -2.12. The fourth-order valence-corrected chi connectivity index (χ4v) is 4.23. The van der Waals surface area contributed by atoms with E-state index in [1.807, 2.05) is 41.1 Å². The number of aromatic nitrogens is 4. The van der Waals surface area contributed by atoms with Gasteiger partial charge in [-0.3, -0.25) is 9.36 Å². The monoisotopic (exact) mass is 422 g/mol. The normalized spacial score (nSPS) is 11.5. The smallest absolute Gasteiger partial charge is 0.262 e. The molecule has 5 rings (SSSR count). The summed E-state index contributed by atoms with van der Waals surface area (Å²) in [4.78, 5) is 22.5. The van der Waals surface area contributed by atoms with Crippen LogP contribution in [0, 0.1) is 0 Å². The fourth-order valence-electron chi connectivity index (χ4n) is 3.18. The quantitative estimate of drug-likeness (QED) is 0.305. The van der Waals surface area contributed by atoms with E-state index < -0.39 is 0 Å². The lowest BCUT2D eigenvalue weighted by molar-refractivity contribution is 0.476. The second kappa shape index (κ2) is 7.42. The van der Waals surface area contributed by atoms with Crippen LogP contribution in [0.15, 0.2) is 81.6 Å². The average molecular weight is 423 g/mol. The van der Waals surface area contributed by atoms with Gasteiger partial charge in [-0.05, 0) is 42.5 Å². The lowest BCUT2D eigenvalue weighted by atomic mass is 10.2. The zero-order valence-corrected chi connectivity index (χ0v) is 16.7. The van der Waals surface area contributed by atoms with Crippen molar-refractivity contribution in [1.82, 2.24) is 18.9 Å². The van der Waals surface area contributed by atoms with E-state index in [0.29, 0.717) is 39.1 Å². The van der Waals surface area contributed by atoms with Crippen molar-refractivity contribution in [2.45, 2.75) is 17.5 Å². The van der Waals surface area contributed by atoms with Gasteiger partial charge >= 0.3 is 0 Å². The van der Waals surface area contributed by atoms with Gasteiger partial charge in [0.2, 0.25) is 0 Å². The van der Waals surface area contributed by atoms with Crippen LogP contribution in [0.1, 0.15) is 11.5 Å².